The van der Waals surface area contributed by atoms with Crippen molar-refractivity contribution in [2.75, 3.05) is 6.61 Å². The summed E-state index contributed by atoms with van der Waals surface area (Å²) in [6.07, 6.45) is 2.53. The van der Waals surface area contributed by atoms with Gasteiger partial charge in [0.15, 0.2) is 0 Å². The Morgan fingerprint density at radius 3 is 2.78 bits per heavy atom. The lowest BCUT2D eigenvalue weighted by Crippen LogP contribution is -2.02. The smallest absolute Gasteiger partial charge is 0.306 e. The standard InChI is InChI=1S/C7H11O2/c1-3-5-7(8)9-6-4-2/h4H,1-3,5-6H2. The van der Waals surface area contributed by atoms with Crippen LogP contribution in [0.2, 0.25) is 0 Å². The monoisotopic (exact) mass is 127 g/mol. The summed E-state index contributed by atoms with van der Waals surface area (Å²) in [5, 5.41) is 0. The molecule has 2 heteroatoms. The average molecular weight is 127 g/mol. The molecule has 0 bridgehead atoms. The van der Waals surface area contributed by atoms with Crippen LogP contribution in [0.1, 0.15) is 12.8 Å². The van der Waals surface area contributed by atoms with E-state index >= 15 is 0 Å². The molecule has 0 saturated heterocycles. The van der Waals surface area contributed by atoms with E-state index in [0.717, 1.165) is 0 Å². The van der Waals surface area contributed by atoms with Crippen molar-refractivity contribution in [3.63, 3.8) is 0 Å². The first kappa shape index (κ1) is 8.21. The third-order valence-electron chi connectivity index (χ3n) is 0.743. The van der Waals surface area contributed by atoms with Crippen LogP contribution in [-0.4, -0.2) is 12.6 Å². The van der Waals surface area contributed by atoms with E-state index in [1.54, 1.807) is 6.08 Å². The van der Waals surface area contributed by atoms with Crippen LogP contribution in [0, 0.1) is 6.92 Å². The minimum atomic E-state index is -0.204. The van der Waals surface area contributed by atoms with Gasteiger partial charge in [0, 0.05) is 6.42 Å². The molecule has 0 spiro atoms. The first-order chi connectivity index (χ1) is 4.31. The Bertz CT molecular complexity index is 97.1. The second-order valence-corrected chi connectivity index (χ2v) is 1.58. The topological polar surface area (TPSA) is 26.3 Å². The van der Waals surface area contributed by atoms with E-state index in [-0.39, 0.29) is 5.97 Å². The number of rotatable bonds is 4. The Morgan fingerprint density at radius 2 is 2.33 bits per heavy atom. The maximum absolute atomic E-state index is 10.5. The average Bonchev–Trinajstić information content (AvgIpc) is 1.85. The molecule has 0 amide bonds. The number of hydrogen-bond acceptors (Lipinski definition) is 2. The van der Waals surface area contributed by atoms with Crippen LogP contribution in [0.3, 0.4) is 0 Å². The number of esters is 1. The van der Waals surface area contributed by atoms with Crippen molar-refractivity contribution in [3.05, 3.63) is 19.6 Å². The van der Waals surface area contributed by atoms with Crippen LogP contribution in [-0.2, 0) is 9.53 Å². The molecule has 0 atom stereocenters. The molecule has 0 aromatic carbocycles. The van der Waals surface area contributed by atoms with Crippen LogP contribution >= 0.6 is 0 Å². The van der Waals surface area contributed by atoms with Crippen molar-refractivity contribution in [2.45, 2.75) is 12.8 Å². The lowest BCUT2D eigenvalue weighted by Gasteiger charge is -1.97. The molecule has 0 saturated carbocycles. The van der Waals surface area contributed by atoms with Gasteiger partial charge in [-0.05, 0) is 6.42 Å². The Labute approximate surface area is 55.5 Å². The fraction of sp³-hybridized carbons (Fsp3) is 0.429. The summed E-state index contributed by atoms with van der Waals surface area (Å²) in [5.41, 5.74) is 0. The maximum Gasteiger partial charge on any atom is 0.306 e. The molecule has 0 fully saturated rings. The molecule has 0 aromatic heterocycles. The van der Waals surface area contributed by atoms with Gasteiger partial charge in [0.05, 0.1) is 0 Å². The van der Waals surface area contributed by atoms with Crippen molar-refractivity contribution >= 4 is 5.97 Å². The van der Waals surface area contributed by atoms with Crippen LogP contribution < -0.4 is 0 Å². The highest BCUT2D eigenvalue weighted by molar-refractivity contribution is 5.69. The zero-order valence-corrected chi connectivity index (χ0v) is 5.43. The van der Waals surface area contributed by atoms with Gasteiger partial charge in [0.25, 0.3) is 0 Å². The Balaban J connectivity index is 3.16. The molecule has 0 aliphatic heterocycles. The minimum Gasteiger partial charge on any atom is -0.461 e. The van der Waals surface area contributed by atoms with E-state index in [0.29, 0.717) is 19.4 Å². The van der Waals surface area contributed by atoms with Gasteiger partial charge in [-0.3, -0.25) is 4.79 Å². The first-order valence-corrected chi connectivity index (χ1v) is 2.87. The summed E-state index contributed by atoms with van der Waals surface area (Å²) >= 11 is 0. The SMILES string of the molecule is [CH2]CCC(=O)OCC=C. The zero-order valence-electron chi connectivity index (χ0n) is 5.43. The highest BCUT2D eigenvalue weighted by Gasteiger charge is 1.96. The van der Waals surface area contributed by atoms with E-state index in [2.05, 4.69) is 18.2 Å². The van der Waals surface area contributed by atoms with Gasteiger partial charge in [-0.15, -0.1) is 0 Å². The lowest BCUT2D eigenvalue weighted by atomic mass is 10.3. The predicted molar refractivity (Wildman–Crippen MR) is 35.7 cm³/mol. The molecule has 0 aromatic rings. The third kappa shape index (κ3) is 5.07. The molecule has 0 unspecified atom stereocenters. The quantitative estimate of drug-likeness (QED) is 0.420. The van der Waals surface area contributed by atoms with Gasteiger partial charge in [0.1, 0.15) is 6.61 Å². The largest absolute Gasteiger partial charge is 0.461 e. The lowest BCUT2D eigenvalue weighted by molar-refractivity contribution is -0.142. The van der Waals surface area contributed by atoms with Crippen LogP contribution in [0.15, 0.2) is 12.7 Å². The molecule has 9 heavy (non-hydrogen) atoms. The molecule has 0 aliphatic rings. The van der Waals surface area contributed by atoms with Crippen molar-refractivity contribution in [1.29, 1.82) is 0 Å². The van der Waals surface area contributed by atoms with Crippen molar-refractivity contribution in [1.82, 2.24) is 0 Å². The van der Waals surface area contributed by atoms with Gasteiger partial charge in [-0.25, -0.2) is 0 Å². The number of hydrogen-bond donors (Lipinski definition) is 0. The Morgan fingerprint density at radius 1 is 1.67 bits per heavy atom. The number of carbonyl (C=O) groups is 1. The van der Waals surface area contributed by atoms with E-state index in [1.165, 1.54) is 0 Å². The van der Waals surface area contributed by atoms with Gasteiger partial charge in [-0.2, -0.15) is 0 Å². The van der Waals surface area contributed by atoms with Gasteiger partial charge in [0.2, 0.25) is 0 Å². The molecule has 2 nitrogen and oxygen atoms in total. The number of carbonyl (C=O) groups excluding carboxylic acids is 1. The molecule has 0 rings (SSSR count). The van der Waals surface area contributed by atoms with E-state index in [9.17, 15) is 4.79 Å². The summed E-state index contributed by atoms with van der Waals surface area (Å²) in [6.45, 7) is 7.21. The van der Waals surface area contributed by atoms with E-state index in [4.69, 9.17) is 0 Å². The third-order valence-corrected chi connectivity index (χ3v) is 0.743. The van der Waals surface area contributed by atoms with E-state index < -0.39 is 0 Å². The van der Waals surface area contributed by atoms with Crippen LogP contribution in [0.4, 0.5) is 0 Å². The molecule has 51 valence electrons. The highest BCUT2D eigenvalue weighted by Crippen LogP contribution is 1.89. The summed E-state index contributed by atoms with van der Waals surface area (Å²) in [7, 11) is 0. The summed E-state index contributed by atoms with van der Waals surface area (Å²) in [5.74, 6) is -0.204. The molecule has 0 heterocycles. The van der Waals surface area contributed by atoms with Gasteiger partial charge in [-0.1, -0.05) is 19.6 Å². The van der Waals surface area contributed by atoms with Crippen molar-refractivity contribution in [3.8, 4) is 0 Å². The van der Waals surface area contributed by atoms with Crippen LogP contribution in [0.5, 0.6) is 0 Å². The molecule has 1 radical (unpaired) electrons. The fourth-order valence-corrected chi connectivity index (χ4v) is 0.368. The van der Waals surface area contributed by atoms with Crippen molar-refractivity contribution < 1.29 is 9.53 Å². The zero-order chi connectivity index (χ0) is 7.11. The minimum absolute atomic E-state index is 0.204. The van der Waals surface area contributed by atoms with Gasteiger partial charge >= 0.3 is 5.97 Å². The molecule has 0 N–H and O–H groups in total. The second-order valence-electron chi connectivity index (χ2n) is 1.58. The summed E-state index contributed by atoms with van der Waals surface area (Å²) < 4.78 is 4.63. The van der Waals surface area contributed by atoms with Crippen molar-refractivity contribution in [2.24, 2.45) is 0 Å². The normalized spacial score (nSPS) is 8.56. The second kappa shape index (κ2) is 5.35. The Kier molecular flexibility index (Phi) is 4.88. The highest BCUT2D eigenvalue weighted by atomic mass is 16.5. The summed E-state index contributed by atoms with van der Waals surface area (Å²) in [6, 6.07) is 0. The summed E-state index contributed by atoms with van der Waals surface area (Å²) in [4.78, 5) is 10.5. The van der Waals surface area contributed by atoms with Crippen LogP contribution in [0.25, 0.3) is 0 Å². The maximum atomic E-state index is 10.5. The molecular weight excluding hydrogens is 116 g/mol. The van der Waals surface area contributed by atoms with E-state index in [1.807, 2.05) is 0 Å². The molecule has 0 aliphatic carbocycles. The number of ether oxygens (including phenoxy) is 1. The van der Waals surface area contributed by atoms with Gasteiger partial charge < -0.3 is 4.74 Å². The first-order valence-electron chi connectivity index (χ1n) is 2.87. The molecular formula is C7H11O2. The predicted octanol–water partition coefficient (Wildman–Crippen LogP) is 1.33. The fourth-order valence-electron chi connectivity index (χ4n) is 0.368. The Hall–Kier alpha value is -0.790.